The molecule has 0 unspecified atom stereocenters. The zero-order valence-corrected chi connectivity index (χ0v) is 34.3. The van der Waals surface area contributed by atoms with E-state index >= 15 is 0 Å². The van der Waals surface area contributed by atoms with Crippen LogP contribution in [0.3, 0.4) is 0 Å². The second-order valence-electron chi connectivity index (χ2n) is 16.6. The average molecular weight is 795 g/mol. The zero-order valence-electron chi connectivity index (χ0n) is 34.3. The van der Waals surface area contributed by atoms with Gasteiger partial charge in [0.15, 0.2) is 17.5 Å². The van der Waals surface area contributed by atoms with Gasteiger partial charge in [0.25, 0.3) is 0 Å². The fourth-order valence-electron chi connectivity index (χ4n) is 9.90. The van der Waals surface area contributed by atoms with Gasteiger partial charge in [-0.3, -0.25) is 0 Å². The highest BCUT2D eigenvalue weighted by Crippen LogP contribution is 2.58. The molecule has 0 radical (unpaired) electrons. The van der Waals surface area contributed by atoms with E-state index in [1.54, 1.807) is 0 Å². The molecule has 1 spiro atoms. The van der Waals surface area contributed by atoms with Gasteiger partial charge in [0.05, 0.1) is 11.6 Å². The number of nitriles is 1. The molecular formula is C58H42N4. The number of hydrogen-bond acceptors (Lipinski definition) is 4. The molecule has 1 heterocycles. The van der Waals surface area contributed by atoms with Crippen molar-refractivity contribution in [1.29, 1.82) is 5.26 Å². The number of fused-ring (bicyclic) bond motifs is 5. The van der Waals surface area contributed by atoms with Crippen LogP contribution in [0.2, 0.25) is 0 Å². The van der Waals surface area contributed by atoms with Crippen molar-refractivity contribution in [3.05, 3.63) is 211 Å². The van der Waals surface area contributed by atoms with Crippen molar-refractivity contribution >= 4 is 0 Å². The predicted molar refractivity (Wildman–Crippen MR) is 252 cm³/mol. The molecule has 0 atom stereocenters. The Morgan fingerprint density at radius 1 is 0.355 bits per heavy atom. The van der Waals surface area contributed by atoms with Crippen LogP contribution in [0.25, 0.3) is 89.8 Å². The molecule has 0 saturated heterocycles. The van der Waals surface area contributed by atoms with Crippen LogP contribution in [0, 0.1) is 11.3 Å². The number of rotatable bonds is 7. The van der Waals surface area contributed by atoms with E-state index in [2.05, 4.69) is 158 Å². The van der Waals surface area contributed by atoms with Crippen molar-refractivity contribution in [3.8, 4) is 95.9 Å². The number of aromatic nitrogens is 3. The molecule has 1 fully saturated rings. The standard InChI is InChI=1S/C58H42N4/c59-38-39-23-32-51-53(35-39)58(33-8-3-9-34-58)52-22-12-21-50(54(51)52)48-19-10-17-46(36-48)42-24-26-43(27-25-42)47-18-11-20-49(37-47)57-61-55(44-15-6-2-7-16-44)60-56(62-57)45-30-28-41(29-31-45)40-13-4-1-5-14-40/h1-2,4-7,10-32,35-37H,3,8-9,33-34H2. The smallest absolute Gasteiger partial charge is 0.164 e. The van der Waals surface area contributed by atoms with E-state index in [-0.39, 0.29) is 5.41 Å². The molecule has 62 heavy (non-hydrogen) atoms. The van der Waals surface area contributed by atoms with Gasteiger partial charge in [0.2, 0.25) is 0 Å². The van der Waals surface area contributed by atoms with Gasteiger partial charge < -0.3 is 0 Å². The van der Waals surface area contributed by atoms with E-state index < -0.39 is 0 Å². The first-order chi connectivity index (χ1) is 30.6. The lowest BCUT2D eigenvalue weighted by molar-refractivity contribution is 0.353. The first-order valence-corrected chi connectivity index (χ1v) is 21.6. The molecule has 11 rings (SSSR count). The molecule has 294 valence electrons. The summed E-state index contributed by atoms with van der Waals surface area (Å²) in [4.78, 5) is 15.0. The number of nitrogens with zero attached hydrogens (tertiary/aromatic N) is 4. The third kappa shape index (κ3) is 6.69. The maximum Gasteiger partial charge on any atom is 0.164 e. The van der Waals surface area contributed by atoms with Gasteiger partial charge in [-0.05, 0) is 104 Å². The second kappa shape index (κ2) is 15.7. The Bertz CT molecular complexity index is 3140. The highest BCUT2D eigenvalue weighted by Gasteiger charge is 2.44. The predicted octanol–water partition coefficient (Wildman–Crippen LogP) is 14.6. The Balaban J connectivity index is 0.912. The lowest BCUT2D eigenvalue weighted by Crippen LogP contribution is -2.28. The van der Waals surface area contributed by atoms with Crippen LogP contribution < -0.4 is 0 Å². The average Bonchev–Trinajstić information content (AvgIpc) is 3.62. The summed E-state index contributed by atoms with van der Waals surface area (Å²) >= 11 is 0. The van der Waals surface area contributed by atoms with Crippen molar-refractivity contribution in [2.24, 2.45) is 0 Å². The monoisotopic (exact) mass is 794 g/mol. The third-order valence-electron chi connectivity index (χ3n) is 13.0. The first-order valence-electron chi connectivity index (χ1n) is 21.6. The summed E-state index contributed by atoms with van der Waals surface area (Å²) in [5, 5.41) is 9.85. The molecule has 0 N–H and O–H groups in total. The van der Waals surface area contributed by atoms with Crippen LogP contribution in [-0.4, -0.2) is 15.0 Å². The lowest BCUT2D eigenvalue weighted by atomic mass is 9.67. The highest BCUT2D eigenvalue weighted by molar-refractivity contribution is 5.94. The topological polar surface area (TPSA) is 62.5 Å². The fraction of sp³-hybridized carbons (Fsp3) is 0.103. The van der Waals surface area contributed by atoms with E-state index in [1.165, 1.54) is 63.8 Å². The Hall–Kier alpha value is -7.74. The quantitative estimate of drug-likeness (QED) is 0.161. The summed E-state index contributed by atoms with van der Waals surface area (Å²) < 4.78 is 0. The number of benzene rings is 8. The van der Waals surface area contributed by atoms with Crippen LogP contribution in [0.1, 0.15) is 48.8 Å². The summed E-state index contributed by atoms with van der Waals surface area (Å²) in [5.41, 5.74) is 18.3. The van der Waals surface area contributed by atoms with Gasteiger partial charge in [0, 0.05) is 22.1 Å². The van der Waals surface area contributed by atoms with E-state index in [0.29, 0.717) is 17.5 Å². The molecule has 2 aliphatic carbocycles. The maximum absolute atomic E-state index is 9.85. The zero-order chi connectivity index (χ0) is 41.5. The summed E-state index contributed by atoms with van der Waals surface area (Å²) in [6, 6.07) is 70.9. The molecule has 2 aliphatic rings. The molecule has 0 amide bonds. The van der Waals surface area contributed by atoms with Crippen molar-refractivity contribution in [2.75, 3.05) is 0 Å². The Labute approximate surface area is 362 Å². The Morgan fingerprint density at radius 2 is 0.823 bits per heavy atom. The SMILES string of the molecule is N#Cc1ccc2c(c1)C1(CCCCC1)c1cccc(-c3cccc(-c4ccc(-c5cccc(-c6nc(-c7ccccc7)nc(-c7ccc(-c8ccccc8)cc7)n6)c5)cc4)c3)c1-2. The van der Waals surface area contributed by atoms with Crippen molar-refractivity contribution < 1.29 is 0 Å². The molecule has 8 aromatic carbocycles. The fourth-order valence-corrected chi connectivity index (χ4v) is 9.90. The molecule has 4 heteroatoms. The minimum atomic E-state index is -0.0123. The van der Waals surface area contributed by atoms with Gasteiger partial charge in [-0.1, -0.05) is 189 Å². The van der Waals surface area contributed by atoms with E-state index in [1.807, 2.05) is 42.5 Å². The van der Waals surface area contributed by atoms with Crippen molar-refractivity contribution in [1.82, 2.24) is 15.0 Å². The summed E-state index contributed by atoms with van der Waals surface area (Å²) in [6.45, 7) is 0. The van der Waals surface area contributed by atoms with Gasteiger partial charge in [0.1, 0.15) is 0 Å². The van der Waals surface area contributed by atoms with Crippen LogP contribution in [0.15, 0.2) is 194 Å². The van der Waals surface area contributed by atoms with Gasteiger partial charge in [-0.25, -0.2) is 15.0 Å². The van der Waals surface area contributed by atoms with Crippen LogP contribution in [0.5, 0.6) is 0 Å². The molecular weight excluding hydrogens is 753 g/mol. The lowest BCUT2D eigenvalue weighted by Gasteiger charge is -2.36. The van der Waals surface area contributed by atoms with Crippen molar-refractivity contribution in [3.63, 3.8) is 0 Å². The number of hydrogen-bond donors (Lipinski definition) is 0. The van der Waals surface area contributed by atoms with Gasteiger partial charge >= 0.3 is 0 Å². The Kier molecular flexibility index (Phi) is 9.44. The normalized spacial score (nSPS) is 13.6. The minimum absolute atomic E-state index is 0.0123. The molecule has 0 aliphatic heterocycles. The van der Waals surface area contributed by atoms with Gasteiger partial charge in [-0.2, -0.15) is 5.26 Å². The van der Waals surface area contributed by atoms with Gasteiger partial charge in [-0.15, -0.1) is 0 Å². The van der Waals surface area contributed by atoms with Crippen LogP contribution in [0.4, 0.5) is 0 Å². The molecule has 1 aromatic heterocycles. The van der Waals surface area contributed by atoms with E-state index in [9.17, 15) is 5.26 Å². The first kappa shape index (κ1) is 37.3. The summed E-state index contributed by atoms with van der Waals surface area (Å²) in [5.74, 6) is 1.91. The Morgan fingerprint density at radius 3 is 1.45 bits per heavy atom. The van der Waals surface area contributed by atoms with E-state index in [0.717, 1.165) is 57.3 Å². The van der Waals surface area contributed by atoms with Crippen LogP contribution >= 0.6 is 0 Å². The second-order valence-corrected chi connectivity index (χ2v) is 16.6. The largest absolute Gasteiger partial charge is 0.208 e. The van der Waals surface area contributed by atoms with Crippen LogP contribution in [-0.2, 0) is 5.41 Å². The third-order valence-corrected chi connectivity index (χ3v) is 13.0. The maximum atomic E-state index is 9.85. The minimum Gasteiger partial charge on any atom is -0.208 e. The summed E-state index contributed by atoms with van der Waals surface area (Å²) in [7, 11) is 0. The molecule has 4 nitrogen and oxygen atoms in total. The highest BCUT2D eigenvalue weighted by atomic mass is 15.0. The molecule has 0 bridgehead atoms. The molecule has 9 aromatic rings. The van der Waals surface area contributed by atoms with E-state index in [4.69, 9.17) is 15.0 Å². The summed E-state index contributed by atoms with van der Waals surface area (Å²) in [6.07, 6.45) is 5.98. The van der Waals surface area contributed by atoms with Crippen molar-refractivity contribution in [2.45, 2.75) is 37.5 Å². The molecule has 1 saturated carbocycles.